The summed E-state index contributed by atoms with van der Waals surface area (Å²) < 4.78 is 5.23. The van der Waals surface area contributed by atoms with Crippen LogP contribution in [0.5, 0.6) is 5.75 Å². The zero-order valence-electron chi connectivity index (χ0n) is 12.1. The van der Waals surface area contributed by atoms with Crippen LogP contribution in [0.1, 0.15) is 12.0 Å². The molecule has 5 heteroatoms. The number of hydrogen-bond donors (Lipinski definition) is 1. The number of fused-ring (bicyclic) bond motifs is 1. The number of hydrogen-bond acceptors (Lipinski definition) is 4. The number of carbonyl (C=O) groups excluding carboxylic acids is 1. The lowest BCUT2D eigenvalue weighted by atomic mass is 10.0. The fourth-order valence-electron chi connectivity index (χ4n) is 2.53. The summed E-state index contributed by atoms with van der Waals surface area (Å²) in [5.74, 6) is 0.905. The fraction of sp³-hybridized carbons (Fsp3) is 0.533. The van der Waals surface area contributed by atoms with Crippen LogP contribution in [0.15, 0.2) is 18.2 Å². The first-order valence-electron chi connectivity index (χ1n) is 6.92. The Balaban J connectivity index is 2.13. The Morgan fingerprint density at radius 3 is 3.00 bits per heavy atom. The molecule has 1 aliphatic heterocycles. The predicted octanol–water partition coefficient (Wildman–Crippen LogP) is 0.899. The van der Waals surface area contributed by atoms with Crippen molar-refractivity contribution in [1.82, 2.24) is 4.90 Å². The molecule has 0 saturated carbocycles. The SMILES string of the molecule is COc1ccc2c(c1)CCCN2C(=O)CN(C)CCO. The van der Waals surface area contributed by atoms with Crippen LogP contribution in [0.4, 0.5) is 5.69 Å². The second-order valence-corrected chi connectivity index (χ2v) is 5.10. The maximum absolute atomic E-state index is 12.4. The molecule has 0 spiro atoms. The van der Waals surface area contributed by atoms with Gasteiger partial charge >= 0.3 is 0 Å². The highest BCUT2D eigenvalue weighted by Gasteiger charge is 2.23. The zero-order chi connectivity index (χ0) is 14.5. The molecule has 0 bridgehead atoms. The molecule has 1 N–H and O–H groups in total. The van der Waals surface area contributed by atoms with E-state index in [9.17, 15) is 4.79 Å². The van der Waals surface area contributed by atoms with Crippen LogP contribution < -0.4 is 9.64 Å². The molecule has 1 aliphatic rings. The number of amides is 1. The number of methoxy groups -OCH3 is 1. The number of rotatable bonds is 5. The molecule has 20 heavy (non-hydrogen) atoms. The molecular weight excluding hydrogens is 256 g/mol. The van der Waals surface area contributed by atoms with Crippen molar-refractivity contribution < 1.29 is 14.6 Å². The topological polar surface area (TPSA) is 53.0 Å². The number of ether oxygens (including phenoxy) is 1. The lowest BCUT2D eigenvalue weighted by molar-refractivity contribution is -0.119. The number of aliphatic hydroxyl groups excluding tert-OH is 1. The van der Waals surface area contributed by atoms with E-state index in [1.165, 1.54) is 0 Å². The first-order chi connectivity index (χ1) is 9.65. The second kappa shape index (κ2) is 6.72. The largest absolute Gasteiger partial charge is 0.497 e. The third-order valence-corrected chi connectivity index (χ3v) is 3.59. The molecule has 0 aliphatic carbocycles. The van der Waals surface area contributed by atoms with Crippen LogP contribution in [0, 0.1) is 0 Å². The Kier molecular flexibility index (Phi) is 4.98. The molecule has 0 aromatic heterocycles. The Hall–Kier alpha value is -1.59. The third kappa shape index (κ3) is 3.29. The van der Waals surface area contributed by atoms with E-state index in [-0.39, 0.29) is 12.5 Å². The summed E-state index contributed by atoms with van der Waals surface area (Å²) in [7, 11) is 3.49. The molecule has 0 radical (unpaired) electrons. The summed E-state index contributed by atoms with van der Waals surface area (Å²) in [5, 5.41) is 8.89. The molecule has 1 heterocycles. The van der Waals surface area contributed by atoms with Gasteiger partial charge < -0.3 is 14.7 Å². The molecule has 5 nitrogen and oxygen atoms in total. The van der Waals surface area contributed by atoms with Crippen LogP contribution in [0.3, 0.4) is 0 Å². The summed E-state index contributed by atoms with van der Waals surface area (Å²) >= 11 is 0. The summed E-state index contributed by atoms with van der Waals surface area (Å²) in [6.45, 7) is 1.66. The normalized spacial score (nSPS) is 14.3. The number of anilines is 1. The first kappa shape index (κ1) is 14.8. The van der Waals surface area contributed by atoms with Crippen LogP contribution in [0.2, 0.25) is 0 Å². The van der Waals surface area contributed by atoms with Crippen LogP contribution >= 0.6 is 0 Å². The zero-order valence-corrected chi connectivity index (χ0v) is 12.1. The molecule has 1 aromatic carbocycles. The molecule has 0 saturated heterocycles. The monoisotopic (exact) mass is 278 g/mol. The number of benzene rings is 1. The first-order valence-corrected chi connectivity index (χ1v) is 6.92. The van der Waals surface area contributed by atoms with E-state index in [1.54, 1.807) is 7.11 Å². The minimum absolute atomic E-state index is 0.0670. The van der Waals surface area contributed by atoms with Crippen molar-refractivity contribution >= 4 is 11.6 Å². The highest BCUT2D eigenvalue weighted by Crippen LogP contribution is 2.30. The fourth-order valence-corrected chi connectivity index (χ4v) is 2.53. The van der Waals surface area contributed by atoms with Gasteiger partial charge in [-0.25, -0.2) is 0 Å². The van der Waals surface area contributed by atoms with Gasteiger partial charge in [0, 0.05) is 18.8 Å². The van der Waals surface area contributed by atoms with E-state index in [2.05, 4.69) is 0 Å². The van der Waals surface area contributed by atoms with E-state index >= 15 is 0 Å². The number of likely N-dealkylation sites (N-methyl/N-ethyl adjacent to an activating group) is 1. The van der Waals surface area contributed by atoms with Gasteiger partial charge in [0.2, 0.25) is 5.91 Å². The minimum atomic E-state index is 0.0670. The van der Waals surface area contributed by atoms with Crippen LogP contribution in [0.25, 0.3) is 0 Å². The Morgan fingerprint density at radius 1 is 1.50 bits per heavy atom. The maximum Gasteiger partial charge on any atom is 0.241 e. The van der Waals surface area contributed by atoms with Crippen molar-refractivity contribution in [3.8, 4) is 5.75 Å². The van der Waals surface area contributed by atoms with E-state index in [1.807, 2.05) is 35.0 Å². The van der Waals surface area contributed by atoms with Gasteiger partial charge in [0.25, 0.3) is 0 Å². The van der Waals surface area contributed by atoms with Gasteiger partial charge in [-0.1, -0.05) is 0 Å². The van der Waals surface area contributed by atoms with E-state index in [4.69, 9.17) is 9.84 Å². The van der Waals surface area contributed by atoms with Crippen molar-refractivity contribution in [1.29, 1.82) is 0 Å². The van der Waals surface area contributed by atoms with Crippen molar-refractivity contribution in [2.75, 3.05) is 45.3 Å². The summed E-state index contributed by atoms with van der Waals surface area (Å²) in [6.07, 6.45) is 1.94. The number of aliphatic hydroxyl groups is 1. The van der Waals surface area contributed by atoms with Crippen LogP contribution in [-0.2, 0) is 11.2 Å². The van der Waals surface area contributed by atoms with E-state index in [0.29, 0.717) is 13.1 Å². The molecule has 110 valence electrons. The van der Waals surface area contributed by atoms with E-state index in [0.717, 1.165) is 36.4 Å². The highest BCUT2D eigenvalue weighted by atomic mass is 16.5. The summed E-state index contributed by atoms with van der Waals surface area (Å²) in [6, 6.07) is 5.85. The Morgan fingerprint density at radius 2 is 2.30 bits per heavy atom. The van der Waals surface area contributed by atoms with E-state index < -0.39 is 0 Å². The standard InChI is InChI=1S/C15H22N2O3/c1-16(8-9-18)11-15(19)17-7-3-4-12-10-13(20-2)5-6-14(12)17/h5-6,10,18H,3-4,7-9,11H2,1-2H3. The van der Waals surface area contributed by atoms with Gasteiger partial charge in [-0.3, -0.25) is 9.69 Å². The predicted molar refractivity (Wildman–Crippen MR) is 78.3 cm³/mol. The number of nitrogens with zero attached hydrogens (tertiary/aromatic N) is 2. The Labute approximate surface area is 119 Å². The molecule has 0 fully saturated rings. The highest BCUT2D eigenvalue weighted by molar-refractivity contribution is 5.96. The van der Waals surface area contributed by atoms with Gasteiger partial charge in [-0.15, -0.1) is 0 Å². The van der Waals surface area contributed by atoms with Crippen molar-refractivity contribution in [2.45, 2.75) is 12.8 Å². The van der Waals surface area contributed by atoms with Gasteiger partial charge in [0.15, 0.2) is 0 Å². The number of carbonyl (C=O) groups is 1. The summed E-state index contributed by atoms with van der Waals surface area (Å²) in [5.41, 5.74) is 2.15. The quantitative estimate of drug-likeness (QED) is 0.869. The molecule has 1 aromatic rings. The van der Waals surface area contributed by atoms with Gasteiger partial charge in [0.1, 0.15) is 5.75 Å². The van der Waals surface area contributed by atoms with Crippen LogP contribution in [-0.4, -0.2) is 56.3 Å². The van der Waals surface area contributed by atoms with Gasteiger partial charge in [-0.05, 0) is 43.7 Å². The van der Waals surface area contributed by atoms with Gasteiger partial charge in [-0.2, -0.15) is 0 Å². The number of aryl methyl sites for hydroxylation is 1. The molecular formula is C15H22N2O3. The molecule has 0 atom stereocenters. The van der Waals surface area contributed by atoms with Crippen molar-refractivity contribution in [3.63, 3.8) is 0 Å². The lowest BCUT2D eigenvalue weighted by Crippen LogP contribution is -2.42. The summed E-state index contributed by atoms with van der Waals surface area (Å²) in [4.78, 5) is 16.0. The molecule has 2 rings (SSSR count). The average Bonchev–Trinajstić information content (AvgIpc) is 2.46. The second-order valence-electron chi connectivity index (χ2n) is 5.10. The maximum atomic E-state index is 12.4. The lowest BCUT2D eigenvalue weighted by Gasteiger charge is -2.31. The van der Waals surface area contributed by atoms with Crippen molar-refractivity contribution in [3.05, 3.63) is 23.8 Å². The third-order valence-electron chi connectivity index (χ3n) is 3.59. The minimum Gasteiger partial charge on any atom is -0.497 e. The van der Waals surface area contributed by atoms with Gasteiger partial charge in [0.05, 0.1) is 20.3 Å². The van der Waals surface area contributed by atoms with Crippen molar-refractivity contribution in [2.24, 2.45) is 0 Å². The Bertz CT molecular complexity index is 476. The average molecular weight is 278 g/mol. The molecule has 0 unspecified atom stereocenters. The molecule has 1 amide bonds. The smallest absolute Gasteiger partial charge is 0.241 e.